The molecule has 0 radical (unpaired) electrons. The molecule has 1 atom stereocenters. The summed E-state index contributed by atoms with van der Waals surface area (Å²) in [5.41, 5.74) is 2.82. The van der Waals surface area contributed by atoms with Crippen molar-refractivity contribution in [3.8, 4) is 0 Å². The highest BCUT2D eigenvalue weighted by Crippen LogP contribution is 2.40. The van der Waals surface area contributed by atoms with Gasteiger partial charge in [0.2, 0.25) is 0 Å². The first-order chi connectivity index (χ1) is 7.81. The van der Waals surface area contributed by atoms with Gasteiger partial charge in [-0.3, -0.25) is 0 Å². The fraction of sp³-hybridized carbons (Fsp3) is 0.200. The molecule has 0 aromatic heterocycles. The Hall–Kier alpha value is -1.21. The lowest BCUT2D eigenvalue weighted by Crippen LogP contribution is -2.05. The first kappa shape index (κ1) is 11.3. The maximum atomic E-state index is 3.68. The fourth-order valence-electron chi connectivity index (χ4n) is 1.92. The van der Waals surface area contributed by atoms with Crippen LogP contribution in [-0.4, -0.2) is 5.25 Å². The van der Waals surface area contributed by atoms with Crippen molar-refractivity contribution in [1.82, 2.24) is 0 Å². The number of rotatable bonds is 2. The molecular weight excluding hydrogens is 212 g/mol. The lowest BCUT2D eigenvalue weighted by Gasteiger charge is -2.23. The SMILES string of the molecule is C=C/C=C\C=C1/C[C@H](C)Sc2ccccc21. The van der Waals surface area contributed by atoms with Crippen LogP contribution in [0.5, 0.6) is 0 Å². The second-order valence-corrected chi connectivity index (χ2v) is 5.42. The molecule has 0 amide bonds. The van der Waals surface area contributed by atoms with E-state index in [4.69, 9.17) is 0 Å². The molecule has 0 N–H and O–H groups in total. The van der Waals surface area contributed by atoms with Gasteiger partial charge in [-0.15, -0.1) is 11.8 Å². The molecule has 0 saturated heterocycles. The molecule has 0 spiro atoms. The third kappa shape index (κ3) is 2.48. The van der Waals surface area contributed by atoms with E-state index in [0.717, 1.165) is 6.42 Å². The summed E-state index contributed by atoms with van der Waals surface area (Å²) < 4.78 is 0. The molecule has 1 heterocycles. The molecule has 1 aromatic rings. The van der Waals surface area contributed by atoms with Crippen LogP contribution in [0.3, 0.4) is 0 Å². The van der Waals surface area contributed by atoms with Crippen LogP contribution in [0.1, 0.15) is 18.9 Å². The van der Waals surface area contributed by atoms with Crippen LogP contribution >= 0.6 is 11.8 Å². The highest BCUT2D eigenvalue weighted by atomic mass is 32.2. The van der Waals surface area contributed by atoms with Gasteiger partial charge in [-0.2, -0.15) is 0 Å². The van der Waals surface area contributed by atoms with Gasteiger partial charge in [0.1, 0.15) is 0 Å². The summed E-state index contributed by atoms with van der Waals surface area (Å²) >= 11 is 1.97. The first-order valence-corrected chi connectivity index (χ1v) is 6.43. The van der Waals surface area contributed by atoms with Crippen molar-refractivity contribution in [2.24, 2.45) is 0 Å². The highest BCUT2D eigenvalue weighted by Gasteiger charge is 2.18. The van der Waals surface area contributed by atoms with E-state index in [1.807, 2.05) is 23.9 Å². The van der Waals surface area contributed by atoms with Crippen molar-refractivity contribution in [3.63, 3.8) is 0 Å². The molecule has 0 unspecified atom stereocenters. The standard InChI is InChI=1S/C15H16S/c1-3-4-5-8-13-11-12(2)16-15-10-7-6-9-14(13)15/h3-10,12H,1,11H2,2H3/b5-4-,13-8+/t12-/m0/s1. The van der Waals surface area contributed by atoms with Crippen LogP contribution in [0, 0.1) is 0 Å². The van der Waals surface area contributed by atoms with Gasteiger partial charge in [0.25, 0.3) is 0 Å². The van der Waals surface area contributed by atoms with E-state index in [0.29, 0.717) is 5.25 Å². The van der Waals surface area contributed by atoms with Crippen molar-refractivity contribution < 1.29 is 0 Å². The molecule has 0 saturated carbocycles. The Kier molecular flexibility index (Phi) is 3.68. The summed E-state index contributed by atoms with van der Waals surface area (Å²) in [5.74, 6) is 0. The fourth-order valence-corrected chi connectivity index (χ4v) is 3.10. The predicted octanol–water partition coefficient (Wildman–Crippen LogP) is 4.70. The Morgan fingerprint density at radius 2 is 2.12 bits per heavy atom. The molecule has 0 bridgehead atoms. The number of hydrogen-bond donors (Lipinski definition) is 0. The van der Waals surface area contributed by atoms with Crippen LogP contribution in [0.15, 0.2) is 60.0 Å². The smallest absolute Gasteiger partial charge is 0.0150 e. The van der Waals surface area contributed by atoms with Gasteiger partial charge in [-0.05, 0) is 23.6 Å². The van der Waals surface area contributed by atoms with Crippen LogP contribution in [0.2, 0.25) is 0 Å². The largest absolute Gasteiger partial charge is 0.122 e. The monoisotopic (exact) mass is 228 g/mol. The molecule has 0 nitrogen and oxygen atoms in total. The Bertz CT molecular complexity index is 441. The summed E-state index contributed by atoms with van der Waals surface area (Å²) in [4.78, 5) is 1.40. The first-order valence-electron chi connectivity index (χ1n) is 5.55. The quantitative estimate of drug-likeness (QED) is 0.661. The number of fused-ring (bicyclic) bond motifs is 1. The predicted molar refractivity (Wildman–Crippen MR) is 73.7 cm³/mol. The minimum atomic E-state index is 0.665. The number of allylic oxidation sites excluding steroid dienone is 5. The average Bonchev–Trinajstić information content (AvgIpc) is 2.29. The van der Waals surface area contributed by atoms with E-state index in [9.17, 15) is 0 Å². The minimum Gasteiger partial charge on any atom is -0.122 e. The number of benzene rings is 1. The maximum absolute atomic E-state index is 3.68. The van der Waals surface area contributed by atoms with E-state index >= 15 is 0 Å². The lowest BCUT2D eigenvalue weighted by molar-refractivity contribution is 0.972. The molecule has 1 aromatic carbocycles. The third-order valence-corrected chi connectivity index (χ3v) is 3.79. The van der Waals surface area contributed by atoms with Gasteiger partial charge >= 0.3 is 0 Å². The number of thioether (sulfide) groups is 1. The van der Waals surface area contributed by atoms with Gasteiger partial charge in [-0.1, -0.05) is 56.0 Å². The zero-order valence-electron chi connectivity index (χ0n) is 9.52. The molecule has 16 heavy (non-hydrogen) atoms. The molecule has 82 valence electrons. The van der Waals surface area contributed by atoms with Crippen molar-refractivity contribution in [2.45, 2.75) is 23.5 Å². The van der Waals surface area contributed by atoms with Crippen molar-refractivity contribution in [3.05, 3.63) is 60.7 Å². The van der Waals surface area contributed by atoms with E-state index in [1.54, 1.807) is 0 Å². The van der Waals surface area contributed by atoms with Gasteiger partial charge in [0.15, 0.2) is 0 Å². The summed E-state index contributed by atoms with van der Waals surface area (Å²) in [6, 6.07) is 8.64. The molecule has 0 fully saturated rings. The molecule has 1 aliphatic rings. The third-order valence-electron chi connectivity index (χ3n) is 2.61. The van der Waals surface area contributed by atoms with Gasteiger partial charge in [0.05, 0.1) is 0 Å². The minimum absolute atomic E-state index is 0.665. The van der Waals surface area contributed by atoms with Gasteiger partial charge in [-0.25, -0.2) is 0 Å². The van der Waals surface area contributed by atoms with E-state index in [-0.39, 0.29) is 0 Å². The van der Waals surface area contributed by atoms with Crippen LogP contribution in [0.4, 0.5) is 0 Å². The van der Waals surface area contributed by atoms with Gasteiger partial charge < -0.3 is 0 Å². The second kappa shape index (κ2) is 5.22. The molecule has 1 heteroatoms. The zero-order chi connectivity index (χ0) is 11.4. The van der Waals surface area contributed by atoms with Crippen LogP contribution < -0.4 is 0 Å². The topological polar surface area (TPSA) is 0 Å². The summed E-state index contributed by atoms with van der Waals surface area (Å²) in [7, 11) is 0. The normalized spacial score (nSPS) is 22.3. The Balaban J connectivity index is 2.37. The lowest BCUT2D eigenvalue weighted by atomic mass is 10.00. The summed E-state index contributed by atoms with van der Waals surface area (Å²) in [6.07, 6.45) is 9.20. The average molecular weight is 228 g/mol. The van der Waals surface area contributed by atoms with Crippen LogP contribution in [0.25, 0.3) is 5.57 Å². The molecule has 0 aliphatic carbocycles. The van der Waals surface area contributed by atoms with E-state index in [2.05, 4.69) is 49.9 Å². The molecule has 1 aliphatic heterocycles. The second-order valence-electron chi connectivity index (χ2n) is 3.94. The maximum Gasteiger partial charge on any atom is 0.0150 e. The summed E-state index contributed by atoms with van der Waals surface area (Å²) in [6.45, 7) is 5.97. The van der Waals surface area contributed by atoms with E-state index in [1.165, 1.54) is 16.0 Å². The zero-order valence-corrected chi connectivity index (χ0v) is 10.3. The highest BCUT2D eigenvalue weighted by molar-refractivity contribution is 8.00. The molecular formula is C15H16S. The Labute approximate surface area is 102 Å². The van der Waals surface area contributed by atoms with Crippen LogP contribution in [-0.2, 0) is 0 Å². The van der Waals surface area contributed by atoms with Gasteiger partial charge in [0, 0.05) is 10.1 Å². The van der Waals surface area contributed by atoms with Crippen molar-refractivity contribution in [2.75, 3.05) is 0 Å². The number of hydrogen-bond acceptors (Lipinski definition) is 1. The molecule has 2 rings (SSSR count). The van der Waals surface area contributed by atoms with E-state index < -0.39 is 0 Å². The Morgan fingerprint density at radius 1 is 1.31 bits per heavy atom. The summed E-state index contributed by atoms with van der Waals surface area (Å²) in [5, 5.41) is 0.665. The van der Waals surface area contributed by atoms with Crippen molar-refractivity contribution >= 4 is 17.3 Å². The van der Waals surface area contributed by atoms with Crippen molar-refractivity contribution in [1.29, 1.82) is 0 Å². The Morgan fingerprint density at radius 3 is 2.94 bits per heavy atom.